The number of para-hydroxylation sites is 2. The molecule has 0 aliphatic heterocycles. The number of hydrogen-bond acceptors (Lipinski definition) is 3. The minimum absolute atomic E-state index is 0.220. The third-order valence-electron chi connectivity index (χ3n) is 6.38. The molecule has 6 heteroatoms. The number of carbonyl (C=O) groups excluding carboxylic acids is 1. The highest BCUT2D eigenvalue weighted by Gasteiger charge is 2.21. The van der Waals surface area contributed by atoms with E-state index in [1.807, 2.05) is 78.9 Å². The average molecular weight is 490 g/mol. The Kier molecular flexibility index (Phi) is 7.08. The zero-order valence-electron chi connectivity index (χ0n) is 20.2. The summed E-state index contributed by atoms with van der Waals surface area (Å²) in [7, 11) is 0. The van der Waals surface area contributed by atoms with Crippen molar-refractivity contribution in [1.82, 2.24) is 14.9 Å². The van der Waals surface area contributed by atoms with Crippen molar-refractivity contribution < 1.29 is 14.7 Å². The number of benzene rings is 4. The number of carboxylic acid groups (broad SMARTS) is 1. The number of nitrogens with one attached hydrogen (secondary N) is 1. The molecule has 0 saturated heterocycles. The summed E-state index contributed by atoms with van der Waals surface area (Å²) in [6.07, 6.45) is 0.936. The van der Waals surface area contributed by atoms with Crippen molar-refractivity contribution in [1.29, 1.82) is 0 Å². The maximum absolute atomic E-state index is 12.8. The highest BCUT2D eigenvalue weighted by Crippen LogP contribution is 2.20. The summed E-state index contributed by atoms with van der Waals surface area (Å²) in [6.45, 7) is 0.607. The van der Waals surface area contributed by atoms with Crippen molar-refractivity contribution in [2.24, 2.45) is 0 Å². The Labute approximate surface area is 215 Å². The molecule has 0 aliphatic carbocycles. The molecule has 184 valence electrons. The number of nitrogens with zero attached hydrogens (tertiary/aromatic N) is 2. The van der Waals surface area contributed by atoms with Gasteiger partial charge in [0.1, 0.15) is 11.9 Å². The number of aromatic nitrogens is 2. The molecule has 1 aromatic heterocycles. The average Bonchev–Trinajstić information content (AvgIpc) is 3.26. The quantitative estimate of drug-likeness (QED) is 0.302. The van der Waals surface area contributed by atoms with Gasteiger partial charge in [0.05, 0.1) is 11.0 Å². The number of carbonyl (C=O) groups is 2. The van der Waals surface area contributed by atoms with Gasteiger partial charge in [0.2, 0.25) is 0 Å². The summed E-state index contributed by atoms with van der Waals surface area (Å²) in [4.78, 5) is 29.4. The standard InChI is InChI=1S/C31H27N3O3/c35-30(33-27(31(36)37)19-22-9-3-1-4-10-22)25-17-15-24(16-18-25)21-34-28-14-8-7-13-26(28)32-29(34)20-23-11-5-2-6-12-23/h1-18,27H,19-21H2,(H,33,35)(H,36,37)/t27-/m1/s1. The van der Waals surface area contributed by atoms with Crippen LogP contribution in [0.25, 0.3) is 11.0 Å². The van der Waals surface area contributed by atoms with Crippen molar-refractivity contribution in [3.8, 4) is 0 Å². The molecule has 0 bridgehead atoms. The highest BCUT2D eigenvalue weighted by atomic mass is 16.4. The second kappa shape index (κ2) is 10.9. The van der Waals surface area contributed by atoms with Gasteiger partial charge in [-0.2, -0.15) is 0 Å². The summed E-state index contributed by atoms with van der Waals surface area (Å²) in [6, 6.07) is 33.9. The fourth-order valence-electron chi connectivity index (χ4n) is 4.45. The van der Waals surface area contributed by atoms with E-state index in [9.17, 15) is 14.7 Å². The molecule has 37 heavy (non-hydrogen) atoms. The highest BCUT2D eigenvalue weighted by molar-refractivity contribution is 5.96. The van der Waals surface area contributed by atoms with Crippen LogP contribution in [-0.4, -0.2) is 32.6 Å². The van der Waals surface area contributed by atoms with Crippen molar-refractivity contribution in [2.45, 2.75) is 25.4 Å². The van der Waals surface area contributed by atoms with Gasteiger partial charge in [-0.25, -0.2) is 9.78 Å². The zero-order chi connectivity index (χ0) is 25.6. The Morgan fingerprint density at radius 2 is 1.38 bits per heavy atom. The molecule has 6 nitrogen and oxygen atoms in total. The van der Waals surface area contributed by atoms with Crippen LogP contribution in [0.4, 0.5) is 0 Å². The number of rotatable bonds is 9. The van der Waals surface area contributed by atoms with E-state index in [4.69, 9.17) is 4.98 Å². The van der Waals surface area contributed by atoms with Gasteiger partial charge in [-0.15, -0.1) is 0 Å². The minimum atomic E-state index is -1.06. The molecule has 4 aromatic carbocycles. The van der Waals surface area contributed by atoms with Crippen molar-refractivity contribution >= 4 is 22.9 Å². The lowest BCUT2D eigenvalue weighted by molar-refractivity contribution is -0.139. The Hall–Kier alpha value is -4.71. The van der Waals surface area contributed by atoms with Crippen molar-refractivity contribution in [2.75, 3.05) is 0 Å². The van der Waals surface area contributed by atoms with Gasteiger partial charge in [0, 0.05) is 24.9 Å². The summed E-state index contributed by atoms with van der Waals surface area (Å²) >= 11 is 0. The first-order valence-corrected chi connectivity index (χ1v) is 12.2. The summed E-state index contributed by atoms with van der Waals surface area (Å²) in [5, 5.41) is 12.3. The Bertz CT molecular complexity index is 1510. The molecule has 1 heterocycles. The van der Waals surface area contributed by atoms with E-state index in [0.29, 0.717) is 18.5 Å². The number of imidazole rings is 1. The lowest BCUT2D eigenvalue weighted by Crippen LogP contribution is -2.42. The molecule has 1 atom stereocenters. The molecule has 0 saturated carbocycles. The van der Waals surface area contributed by atoms with Gasteiger partial charge in [-0.3, -0.25) is 4.79 Å². The second-order valence-electron chi connectivity index (χ2n) is 9.02. The largest absolute Gasteiger partial charge is 0.480 e. The monoisotopic (exact) mass is 489 g/mol. The summed E-state index contributed by atoms with van der Waals surface area (Å²) < 4.78 is 2.21. The topological polar surface area (TPSA) is 84.2 Å². The normalized spacial score (nSPS) is 11.8. The number of amides is 1. The van der Waals surface area contributed by atoms with Crippen LogP contribution in [0.2, 0.25) is 0 Å². The maximum Gasteiger partial charge on any atom is 0.326 e. The fraction of sp³-hybridized carbons (Fsp3) is 0.129. The Morgan fingerprint density at radius 1 is 0.757 bits per heavy atom. The zero-order valence-corrected chi connectivity index (χ0v) is 20.2. The lowest BCUT2D eigenvalue weighted by atomic mass is 10.1. The Balaban J connectivity index is 1.33. The van der Waals surface area contributed by atoms with E-state index in [-0.39, 0.29) is 6.42 Å². The molecule has 0 spiro atoms. The van der Waals surface area contributed by atoms with Crippen LogP contribution in [-0.2, 0) is 24.2 Å². The molecular formula is C31H27N3O3. The summed E-state index contributed by atoms with van der Waals surface area (Å²) in [5.41, 5.74) is 5.48. The van der Waals surface area contributed by atoms with Gasteiger partial charge in [-0.05, 0) is 41.0 Å². The van der Waals surface area contributed by atoms with Gasteiger partial charge in [-0.1, -0.05) is 84.9 Å². The van der Waals surface area contributed by atoms with Gasteiger partial charge < -0.3 is 15.0 Å². The van der Waals surface area contributed by atoms with Crippen LogP contribution in [0.15, 0.2) is 109 Å². The number of aliphatic carboxylic acids is 1. The van der Waals surface area contributed by atoms with E-state index in [2.05, 4.69) is 28.1 Å². The SMILES string of the molecule is O=C(N[C@H](Cc1ccccc1)C(=O)O)c1ccc(Cn2c(Cc3ccccc3)nc3ccccc32)cc1. The Morgan fingerprint density at radius 3 is 2.05 bits per heavy atom. The second-order valence-corrected chi connectivity index (χ2v) is 9.02. The molecule has 1 amide bonds. The third-order valence-corrected chi connectivity index (χ3v) is 6.38. The maximum atomic E-state index is 12.8. The van der Waals surface area contributed by atoms with Crippen LogP contribution in [0.5, 0.6) is 0 Å². The summed E-state index contributed by atoms with van der Waals surface area (Å²) in [5.74, 6) is -0.501. The first kappa shape index (κ1) is 24.0. The smallest absolute Gasteiger partial charge is 0.326 e. The number of hydrogen-bond donors (Lipinski definition) is 2. The number of fused-ring (bicyclic) bond motifs is 1. The predicted molar refractivity (Wildman–Crippen MR) is 144 cm³/mol. The van der Waals surface area contributed by atoms with Gasteiger partial charge >= 0.3 is 5.97 Å². The van der Waals surface area contributed by atoms with Crippen LogP contribution in [0, 0.1) is 0 Å². The molecule has 5 aromatic rings. The van der Waals surface area contributed by atoms with Crippen LogP contribution >= 0.6 is 0 Å². The van der Waals surface area contributed by atoms with Gasteiger partial charge in [0.15, 0.2) is 0 Å². The minimum Gasteiger partial charge on any atom is -0.480 e. The third kappa shape index (κ3) is 5.76. The molecule has 0 fully saturated rings. The van der Waals surface area contributed by atoms with E-state index in [1.54, 1.807) is 12.1 Å². The van der Waals surface area contributed by atoms with Crippen LogP contribution in [0.1, 0.15) is 32.9 Å². The molecule has 0 unspecified atom stereocenters. The molecule has 5 rings (SSSR count). The van der Waals surface area contributed by atoms with Crippen LogP contribution in [0.3, 0.4) is 0 Å². The predicted octanol–water partition coefficient (Wildman–Crippen LogP) is 5.10. The van der Waals surface area contributed by atoms with E-state index in [1.165, 1.54) is 5.56 Å². The molecular weight excluding hydrogens is 462 g/mol. The van der Waals surface area contributed by atoms with Crippen LogP contribution < -0.4 is 5.32 Å². The molecule has 0 radical (unpaired) electrons. The first-order valence-electron chi connectivity index (χ1n) is 12.2. The first-order chi connectivity index (χ1) is 18.1. The molecule has 0 aliphatic rings. The van der Waals surface area contributed by atoms with E-state index in [0.717, 1.165) is 28.0 Å². The van der Waals surface area contributed by atoms with Crippen molar-refractivity contribution in [3.63, 3.8) is 0 Å². The lowest BCUT2D eigenvalue weighted by Gasteiger charge is -2.15. The van der Waals surface area contributed by atoms with E-state index >= 15 is 0 Å². The van der Waals surface area contributed by atoms with E-state index < -0.39 is 17.9 Å². The molecule has 2 N–H and O–H groups in total. The number of carboxylic acids is 1. The fourth-order valence-corrected chi connectivity index (χ4v) is 4.45. The van der Waals surface area contributed by atoms with Crippen molar-refractivity contribution in [3.05, 3.63) is 137 Å². The van der Waals surface area contributed by atoms with Gasteiger partial charge in [0.25, 0.3) is 5.91 Å².